The quantitative estimate of drug-likeness (QED) is 0.593. The molecule has 0 amide bonds. The fourth-order valence-corrected chi connectivity index (χ4v) is 2.76. The third-order valence-corrected chi connectivity index (χ3v) is 4.27. The minimum Gasteiger partial charge on any atom is -0.123 e. The Labute approximate surface area is 88.1 Å². The van der Waals surface area contributed by atoms with Crippen molar-refractivity contribution in [2.45, 2.75) is 58.3 Å². The Kier molecular flexibility index (Phi) is 4.58. The lowest BCUT2D eigenvalue weighted by atomic mass is 9.74. The number of hydrogen-bond donors (Lipinski definition) is 0. The summed E-state index contributed by atoms with van der Waals surface area (Å²) in [6.07, 6.45) is 7.08. The van der Waals surface area contributed by atoms with Crippen molar-refractivity contribution in [3.05, 3.63) is 0 Å². The van der Waals surface area contributed by atoms with Crippen LogP contribution in [-0.2, 0) is 0 Å². The summed E-state index contributed by atoms with van der Waals surface area (Å²) in [6, 6.07) is 0. The van der Waals surface area contributed by atoms with Crippen LogP contribution in [0.3, 0.4) is 0 Å². The monoisotopic (exact) mass is 202 g/mol. The van der Waals surface area contributed by atoms with E-state index in [2.05, 4.69) is 20.8 Å². The molecule has 78 valence electrons. The molecule has 0 spiro atoms. The van der Waals surface area contributed by atoms with Crippen LogP contribution >= 0.6 is 11.6 Å². The smallest absolute Gasteiger partial charge is 0.0336 e. The summed E-state index contributed by atoms with van der Waals surface area (Å²) in [4.78, 5) is 0. The van der Waals surface area contributed by atoms with E-state index in [1.165, 1.54) is 32.1 Å². The van der Waals surface area contributed by atoms with Crippen LogP contribution in [0.2, 0.25) is 0 Å². The zero-order chi connectivity index (χ0) is 9.84. The first-order valence-electron chi connectivity index (χ1n) is 5.79. The number of rotatable bonds is 3. The van der Waals surface area contributed by atoms with Gasteiger partial charge in [0.2, 0.25) is 0 Å². The summed E-state index contributed by atoms with van der Waals surface area (Å²) in [5.41, 5.74) is 0. The van der Waals surface area contributed by atoms with Gasteiger partial charge in [-0.2, -0.15) is 0 Å². The minimum atomic E-state index is 0.348. The molecule has 0 aromatic carbocycles. The Hall–Kier alpha value is 0.290. The fourth-order valence-electron chi connectivity index (χ4n) is 2.56. The van der Waals surface area contributed by atoms with Crippen LogP contribution < -0.4 is 0 Å². The molecule has 1 rings (SSSR count). The molecule has 0 aromatic heterocycles. The predicted octanol–water partition coefficient (Wildman–Crippen LogP) is 4.47. The van der Waals surface area contributed by atoms with Gasteiger partial charge in [0, 0.05) is 5.38 Å². The second-order valence-corrected chi connectivity index (χ2v) is 5.43. The van der Waals surface area contributed by atoms with E-state index in [9.17, 15) is 0 Å². The first-order valence-corrected chi connectivity index (χ1v) is 6.22. The second-order valence-electron chi connectivity index (χ2n) is 4.74. The molecule has 0 saturated heterocycles. The van der Waals surface area contributed by atoms with E-state index in [0.29, 0.717) is 11.3 Å². The van der Waals surface area contributed by atoms with Crippen LogP contribution in [0.1, 0.15) is 52.9 Å². The molecule has 0 radical (unpaired) electrons. The molecule has 1 aliphatic rings. The van der Waals surface area contributed by atoms with Gasteiger partial charge in [-0.25, -0.2) is 0 Å². The maximum atomic E-state index is 6.15. The first kappa shape index (κ1) is 11.4. The molecule has 1 heteroatoms. The van der Waals surface area contributed by atoms with Crippen molar-refractivity contribution >= 4 is 11.6 Å². The Morgan fingerprint density at radius 2 is 2.00 bits per heavy atom. The van der Waals surface area contributed by atoms with Crippen LogP contribution in [0.5, 0.6) is 0 Å². The van der Waals surface area contributed by atoms with Crippen molar-refractivity contribution in [1.82, 2.24) is 0 Å². The van der Waals surface area contributed by atoms with Gasteiger partial charge in [-0.3, -0.25) is 0 Å². The molecule has 13 heavy (non-hydrogen) atoms. The molecule has 0 aromatic rings. The molecule has 0 heterocycles. The predicted molar refractivity (Wildman–Crippen MR) is 60.2 cm³/mol. The second kappa shape index (κ2) is 5.24. The molecule has 4 unspecified atom stereocenters. The molecule has 0 aliphatic heterocycles. The van der Waals surface area contributed by atoms with Gasteiger partial charge in [-0.05, 0) is 31.1 Å². The molecule has 1 aliphatic carbocycles. The number of hydrogen-bond acceptors (Lipinski definition) is 0. The lowest BCUT2D eigenvalue weighted by molar-refractivity contribution is 0.200. The average molecular weight is 203 g/mol. The van der Waals surface area contributed by atoms with E-state index in [4.69, 9.17) is 11.6 Å². The third-order valence-electron chi connectivity index (χ3n) is 3.87. The summed E-state index contributed by atoms with van der Waals surface area (Å²) >= 11 is 6.15. The molecule has 0 bridgehead atoms. The highest BCUT2D eigenvalue weighted by atomic mass is 35.5. The van der Waals surface area contributed by atoms with Gasteiger partial charge in [0.15, 0.2) is 0 Å². The van der Waals surface area contributed by atoms with Gasteiger partial charge >= 0.3 is 0 Å². The van der Waals surface area contributed by atoms with Crippen LogP contribution in [0, 0.1) is 17.8 Å². The Bertz CT molecular complexity index is 142. The SMILES string of the molecule is CCC1CCCC(C(C)C(C)Cl)C1. The van der Waals surface area contributed by atoms with E-state index in [1.54, 1.807) is 0 Å². The van der Waals surface area contributed by atoms with Gasteiger partial charge in [-0.15, -0.1) is 11.6 Å². The molecule has 1 saturated carbocycles. The molecule has 1 fully saturated rings. The van der Waals surface area contributed by atoms with Crippen molar-refractivity contribution in [2.24, 2.45) is 17.8 Å². The highest BCUT2D eigenvalue weighted by Gasteiger charge is 2.27. The van der Waals surface area contributed by atoms with E-state index in [0.717, 1.165) is 11.8 Å². The lowest BCUT2D eigenvalue weighted by Gasteiger charge is -2.33. The molecular formula is C12H23Cl. The van der Waals surface area contributed by atoms with Gasteiger partial charge in [0.1, 0.15) is 0 Å². The van der Waals surface area contributed by atoms with Crippen LogP contribution in [-0.4, -0.2) is 5.38 Å². The average Bonchev–Trinajstić information content (AvgIpc) is 2.16. The summed E-state index contributed by atoms with van der Waals surface area (Å²) in [5, 5.41) is 0.348. The van der Waals surface area contributed by atoms with E-state index >= 15 is 0 Å². The topological polar surface area (TPSA) is 0 Å². The van der Waals surface area contributed by atoms with Crippen molar-refractivity contribution in [1.29, 1.82) is 0 Å². The van der Waals surface area contributed by atoms with Gasteiger partial charge in [-0.1, -0.05) is 39.5 Å². The van der Waals surface area contributed by atoms with Gasteiger partial charge in [0.25, 0.3) is 0 Å². The van der Waals surface area contributed by atoms with Crippen molar-refractivity contribution in [2.75, 3.05) is 0 Å². The molecular weight excluding hydrogens is 180 g/mol. The van der Waals surface area contributed by atoms with Crippen LogP contribution in [0.25, 0.3) is 0 Å². The van der Waals surface area contributed by atoms with Crippen LogP contribution in [0.15, 0.2) is 0 Å². The lowest BCUT2D eigenvalue weighted by Crippen LogP contribution is -2.25. The van der Waals surface area contributed by atoms with Crippen molar-refractivity contribution in [3.63, 3.8) is 0 Å². The number of alkyl halides is 1. The summed E-state index contributed by atoms with van der Waals surface area (Å²) < 4.78 is 0. The zero-order valence-electron chi connectivity index (χ0n) is 9.22. The maximum absolute atomic E-state index is 6.15. The van der Waals surface area contributed by atoms with E-state index in [-0.39, 0.29) is 0 Å². The zero-order valence-corrected chi connectivity index (χ0v) is 9.98. The standard InChI is InChI=1S/C12H23Cl/c1-4-11-6-5-7-12(8-11)9(2)10(3)13/h9-12H,4-8H2,1-3H3. The van der Waals surface area contributed by atoms with E-state index < -0.39 is 0 Å². The maximum Gasteiger partial charge on any atom is 0.0336 e. The van der Waals surface area contributed by atoms with Crippen molar-refractivity contribution < 1.29 is 0 Å². The molecule has 0 nitrogen and oxygen atoms in total. The molecule has 0 N–H and O–H groups in total. The first-order chi connectivity index (χ1) is 6.15. The summed E-state index contributed by atoms with van der Waals surface area (Å²) in [5.74, 6) is 2.58. The van der Waals surface area contributed by atoms with Gasteiger partial charge < -0.3 is 0 Å². The third kappa shape index (κ3) is 3.16. The van der Waals surface area contributed by atoms with Gasteiger partial charge in [0.05, 0.1) is 0 Å². The highest BCUT2D eigenvalue weighted by Crippen LogP contribution is 2.37. The Morgan fingerprint density at radius 1 is 1.31 bits per heavy atom. The normalized spacial score (nSPS) is 34.2. The van der Waals surface area contributed by atoms with Crippen LogP contribution in [0.4, 0.5) is 0 Å². The fraction of sp³-hybridized carbons (Fsp3) is 1.00. The molecule has 4 atom stereocenters. The largest absolute Gasteiger partial charge is 0.123 e. The highest BCUT2D eigenvalue weighted by molar-refractivity contribution is 6.20. The van der Waals surface area contributed by atoms with E-state index in [1.807, 2.05) is 0 Å². The Balaban J connectivity index is 2.41. The summed E-state index contributed by atoms with van der Waals surface area (Å²) in [7, 11) is 0. The number of halogens is 1. The summed E-state index contributed by atoms with van der Waals surface area (Å²) in [6.45, 7) is 6.78. The minimum absolute atomic E-state index is 0.348. The van der Waals surface area contributed by atoms with Crippen molar-refractivity contribution in [3.8, 4) is 0 Å². The Morgan fingerprint density at radius 3 is 2.54 bits per heavy atom.